The molecule has 2 aromatic rings. The maximum atomic E-state index is 11.9. The van der Waals surface area contributed by atoms with E-state index in [1.54, 1.807) is 37.5 Å². The Bertz CT molecular complexity index is 815. The van der Waals surface area contributed by atoms with Gasteiger partial charge in [0.1, 0.15) is 5.75 Å². The number of nitrogens with zero attached hydrogens (tertiary/aromatic N) is 1. The summed E-state index contributed by atoms with van der Waals surface area (Å²) in [5, 5.41) is 10.6. The monoisotopic (exact) mass is 341 g/mol. The van der Waals surface area contributed by atoms with Crippen LogP contribution in [0.15, 0.2) is 54.6 Å². The predicted molar refractivity (Wildman–Crippen MR) is 90.7 cm³/mol. The first-order valence-electron chi connectivity index (χ1n) is 7.16. The Labute approximate surface area is 143 Å². The molecule has 0 spiro atoms. The summed E-state index contributed by atoms with van der Waals surface area (Å²) in [5.74, 6) is -0.454. The van der Waals surface area contributed by atoms with Gasteiger partial charge in [0, 0.05) is 23.8 Å². The van der Waals surface area contributed by atoms with Crippen molar-refractivity contribution in [1.82, 2.24) is 10.9 Å². The summed E-state index contributed by atoms with van der Waals surface area (Å²) in [7, 11) is 1.54. The van der Waals surface area contributed by atoms with Gasteiger partial charge in [-0.3, -0.25) is 30.6 Å². The number of carbonyl (C=O) groups is 2. The fourth-order valence-corrected chi connectivity index (χ4v) is 1.88. The molecule has 2 rings (SSSR count). The second-order valence-corrected chi connectivity index (χ2v) is 4.86. The molecule has 0 saturated carbocycles. The number of ether oxygens (including phenoxy) is 1. The number of hydrogen-bond donors (Lipinski definition) is 2. The molecule has 8 heteroatoms. The van der Waals surface area contributed by atoms with E-state index in [0.29, 0.717) is 5.75 Å². The topological polar surface area (TPSA) is 111 Å². The summed E-state index contributed by atoms with van der Waals surface area (Å²) in [6.45, 7) is 0. The average molecular weight is 341 g/mol. The summed E-state index contributed by atoms with van der Waals surface area (Å²) in [4.78, 5) is 33.6. The predicted octanol–water partition coefficient (Wildman–Crippen LogP) is 2.08. The number of nitro benzene ring substituents is 1. The maximum absolute atomic E-state index is 11.9. The maximum Gasteiger partial charge on any atom is 0.269 e. The van der Waals surface area contributed by atoms with Crippen molar-refractivity contribution in [3.63, 3.8) is 0 Å². The molecule has 0 aliphatic carbocycles. The van der Waals surface area contributed by atoms with Crippen LogP contribution in [0.5, 0.6) is 5.75 Å². The molecule has 25 heavy (non-hydrogen) atoms. The van der Waals surface area contributed by atoms with Gasteiger partial charge in [-0.25, -0.2) is 0 Å². The van der Waals surface area contributed by atoms with E-state index in [0.717, 1.165) is 5.56 Å². The van der Waals surface area contributed by atoms with Crippen LogP contribution in [0, 0.1) is 10.1 Å². The molecule has 0 fully saturated rings. The molecular formula is C17H15N3O5. The molecule has 128 valence electrons. The molecule has 0 radical (unpaired) electrons. The lowest BCUT2D eigenvalue weighted by molar-refractivity contribution is -0.384. The first-order chi connectivity index (χ1) is 12.0. The number of hydrazine groups is 1. The molecule has 0 aliphatic heterocycles. The minimum absolute atomic E-state index is 0.123. The normalized spacial score (nSPS) is 10.3. The molecule has 0 aliphatic rings. The summed E-state index contributed by atoms with van der Waals surface area (Å²) < 4.78 is 5.08. The van der Waals surface area contributed by atoms with E-state index in [1.165, 1.54) is 30.3 Å². The molecule has 0 atom stereocenters. The number of nitrogens with one attached hydrogen (secondary N) is 2. The van der Waals surface area contributed by atoms with E-state index in [-0.39, 0.29) is 11.3 Å². The Balaban J connectivity index is 1.89. The van der Waals surface area contributed by atoms with Crippen LogP contribution < -0.4 is 15.6 Å². The van der Waals surface area contributed by atoms with E-state index in [2.05, 4.69) is 10.9 Å². The Hall–Kier alpha value is -3.68. The van der Waals surface area contributed by atoms with Gasteiger partial charge in [-0.05, 0) is 35.9 Å². The van der Waals surface area contributed by atoms with Gasteiger partial charge in [-0.2, -0.15) is 0 Å². The van der Waals surface area contributed by atoms with Crippen molar-refractivity contribution in [3.05, 3.63) is 75.8 Å². The third-order valence-corrected chi connectivity index (χ3v) is 3.16. The van der Waals surface area contributed by atoms with Crippen LogP contribution in [0.25, 0.3) is 6.08 Å². The van der Waals surface area contributed by atoms with Crippen molar-refractivity contribution >= 4 is 23.6 Å². The van der Waals surface area contributed by atoms with Crippen molar-refractivity contribution in [2.24, 2.45) is 0 Å². The summed E-state index contributed by atoms with van der Waals surface area (Å²) in [5.41, 5.74) is 5.27. The number of nitro groups is 1. The fourth-order valence-electron chi connectivity index (χ4n) is 1.88. The van der Waals surface area contributed by atoms with Gasteiger partial charge >= 0.3 is 0 Å². The first kappa shape index (κ1) is 17.7. The third kappa shape index (κ3) is 5.17. The molecule has 2 amide bonds. The summed E-state index contributed by atoms with van der Waals surface area (Å²) >= 11 is 0. The van der Waals surface area contributed by atoms with Gasteiger partial charge < -0.3 is 4.74 Å². The zero-order valence-electron chi connectivity index (χ0n) is 13.3. The lowest BCUT2D eigenvalue weighted by atomic mass is 10.2. The average Bonchev–Trinajstić information content (AvgIpc) is 2.64. The highest BCUT2D eigenvalue weighted by atomic mass is 16.6. The van der Waals surface area contributed by atoms with Crippen molar-refractivity contribution < 1.29 is 19.2 Å². The standard InChI is InChI=1S/C17H15N3O5/c1-25-15-4-2-3-12(11-15)5-10-16(21)18-19-17(22)13-6-8-14(9-7-13)20(23)24/h2-11H,1H3,(H,18,21)(H,19,22). The lowest BCUT2D eigenvalue weighted by Gasteiger charge is -2.05. The molecule has 0 bridgehead atoms. The van der Waals surface area contributed by atoms with Crippen molar-refractivity contribution in [1.29, 1.82) is 0 Å². The quantitative estimate of drug-likeness (QED) is 0.491. The molecule has 2 N–H and O–H groups in total. The number of hydrogen-bond acceptors (Lipinski definition) is 5. The number of carbonyl (C=O) groups excluding carboxylic acids is 2. The minimum atomic E-state index is -0.585. The second kappa shape index (κ2) is 8.25. The molecule has 2 aromatic carbocycles. The van der Waals surface area contributed by atoms with Crippen LogP contribution in [0.3, 0.4) is 0 Å². The number of non-ortho nitro benzene ring substituents is 1. The number of benzene rings is 2. The van der Waals surface area contributed by atoms with E-state index < -0.39 is 16.7 Å². The number of rotatable bonds is 5. The lowest BCUT2D eigenvalue weighted by Crippen LogP contribution is -2.40. The van der Waals surface area contributed by atoms with Gasteiger partial charge in [0.25, 0.3) is 17.5 Å². The molecule has 0 heterocycles. The zero-order valence-corrected chi connectivity index (χ0v) is 13.3. The summed E-state index contributed by atoms with van der Waals surface area (Å²) in [6.07, 6.45) is 2.82. The second-order valence-electron chi connectivity index (χ2n) is 4.86. The van der Waals surface area contributed by atoms with Crippen molar-refractivity contribution in [3.8, 4) is 5.75 Å². The van der Waals surface area contributed by atoms with Crippen LogP contribution in [0.2, 0.25) is 0 Å². The van der Waals surface area contributed by atoms with Crippen LogP contribution in [0.1, 0.15) is 15.9 Å². The SMILES string of the molecule is COc1cccc(C=CC(=O)NNC(=O)c2ccc([N+](=O)[O-])cc2)c1. The molecule has 0 aromatic heterocycles. The van der Waals surface area contributed by atoms with Gasteiger partial charge in [-0.1, -0.05) is 12.1 Å². The van der Waals surface area contributed by atoms with Gasteiger partial charge in [0.2, 0.25) is 0 Å². The van der Waals surface area contributed by atoms with Gasteiger partial charge in [0.15, 0.2) is 0 Å². The number of methoxy groups -OCH3 is 1. The van der Waals surface area contributed by atoms with E-state index >= 15 is 0 Å². The highest BCUT2D eigenvalue weighted by molar-refractivity contribution is 5.98. The largest absolute Gasteiger partial charge is 0.497 e. The Morgan fingerprint density at radius 2 is 1.84 bits per heavy atom. The van der Waals surface area contributed by atoms with Gasteiger partial charge in [0.05, 0.1) is 12.0 Å². The highest BCUT2D eigenvalue weighted by Crippen LogP contribution is 2.13. The van der Waals surface area contributed by atoms with E-state index in [9.17, 15) is 19.7 Å². The fraction of sp³-hybridized carbons (Fsp3) is 0.0588. The minimum Gasteiger partial charge on any atom is -0.497 e. The third-order valence-electron chi connectivity index (χ3n) is 3.16. The Morgan fingerprint density at radius 3 is 2.48 bits per heavy atom. The van der Waals surface area contributed by atoms with E-state index in [4.69, 9.17) is 4.74 Å². The first-order valence-corrected chi connectivity index (χ1v) is 7.16. The highest BCUT2D eigenvalue weighted by Gasteiger charge is 2.09. The van der Waals surface area contributed by atoms with E-state index in [1.807, 2.05) is 0 Å². The molecular weight excluding hydrogens is 326 g/mol. The Morgan fingerprint density at radius 1 is 1.12 bits per heavy atom. The van der Waals surface area contributed by atoms with Crippen LogP contribution in [-0.2, 0) is 4.79 Å². The Kier molecular flexibility index (Phi) is 5.83. The van der Waals surface area contributed by atoms with Gasteiger partial charge in [-0.15, -0.1) is 0 Å². The summed E-state index contributed by atoms with van der Waals surface area (Å²) in [6, 6.07) is 12.1. The van der Waals surface area contributed by atoms with Crippen LogP contribution >= 0.6 is 0 Å². The van der Waals surface area contributed by atoms with Crippen LogP contribution in [-0.4, -0.2) is 23.8 Å². The molecule has 8 nitrogen and oxygen atoms in total. The number of amides is 2. The molecule has 0 unspecified atom stereocenters. The van der Waals surface area contributed by atoms with Crippen LogP contribution in [0.4, 0.5) is 5.69 Å². The van der Waals surface area contributed by atoms with Crippen molar-refractivity contribution in [2.75, 3.05) is 7.11 Å². The van der Waals surface area contributed by atoms with Crippen molar-refractivity contribution in [2.45, 2.75) is 0 Å². The zero-order chi connectivity index (χ0) is 18.2. The molecule has 0 saturated heterocycles. The smallest absolute Gasteiger partial charge is 0.269 e.